The Hall–Kier alpha value is -15.8. The van der Waals surface area contributed by atoms with Crippen molar-refractivity contribution >= 4 is 108 Å². The van der Waals surface area contributed by atoms with Crippen LogP contribution >= 0.6 is 0 Å². The van der Waals surface area contributed by atoms with Gasteiger partial charge >= 0.3 is 0 Å². The minimum Gasteiger partial charge on any atom is -0.507 e. The number of phenols is 1. The van der Waals surface area contributed by atoms with Crippen molar-refractivity contribution in [2.45, 2.75) is 5.41 Å². The van der Waals surface area contributed by atoms with Crippen LogP contribution in [0.2, 0.25) is 0 Å². The summed E-state index contributed by atoms with van der Waals surface area (Å²) in [4.78, 5) is 9.11. The average molecular weight is 1650 g/mol. The van der Waals surface area contributed by atoms with Crippen molar-refractivity contribution in [1.29, 1.82) is 0 Å². The van der Waals surface area contributed by atoms with E-state index in [4.69, 9.17) is 0 Å². The Morgan fingerprint density at radius 2 is 0.508 bits per heavy atom. The van der Waals surface area contributed by atoms with Gasteiger partial charge in [0, 0.05) is 31.4 Å². The van der Waals surface area contributed by atoms with Gasteiger partial charge in [-0.2, -0.15) is 0 Å². The maximum absolute atomic E-state index is 10.2. The third-order valence-electron chi connectivity index (χ3n) is 26.7. The molecule has 0 aliphatic heterocycles. The third-order valence-corrected chi connectivity index (χ3v) is 26.7. The summed E-state index contributed by atoms with van der Waals surface area (Å²) in [6.45, 7) is 0. The molecule has 2 aliphatic carbocycles. The first-order valence-electron chi connectivity index (χ1n) is 43.0. The van der Waals surface area contributed by atoms with Gasteiger partial charge in [0.05, 0.1) is 11.0 Å². The topological polar surface area (TPSA) is 50.9 Å². The van der Waals surface area contributed by atoms with Crippen molar-refractivity contribution < 1.29 is 24.6 Å². The van der Waals surface area contributed by atoms with Crippen molar-refractivity contribution in [2.75, 3.05) is 0 Å². The molecule has 25 aromatic rings. The number of fused-ring (bicyclic) bond motifs is 11. The molecule has 0 saturated heterocycles. The quantitative estimate of drug-likeness (QED) is 0.116. The SMILES string of the molecule is Oc1ccccc1-c1nc2cccnc2n1-c1ccccc1.[Zn].c1cc2ccc3ccc(-c4cc(-c5ccc6ccc7cccc8ccc5c6c78)cc(-c5ccc6ccc7cccc8ccc5c6c78)c4)c4ccc(c1)c2c34.c1ccc(-c2ccc3c(c2)C2(c4cc(-c5ccccc5)ccc4-3)c3cc(-c4ccccc4)ccc3-c3ccc(-c4ccccc4)cc32)cc1. The molecular weight excluding hydrogens is 1580 g/mol. The molecular formula is C121H75N3OZn. The summed E-state index contributed by atoms with van der Waals surface area (Å²) >= 11 is 0. The number of para-hydroxylation sites is 2. The molecule has 0 radical (unpaired) electrons. The maximum atomic E-state index is 10.2. The van der Waals surface area contributed by atoms with Crippen molar-refractivity contribution in [3.05, 3.63) is 471 Å². The number of aromatic hydroxyl groups is 1. The van der Waals surface area contributed by atoms with Gasteiger partial charge in [-0.25, -0.2) is 9.97 Å². The number of pyridine rings is 1. The van der Waals surface area contributed by atoms with E-state index < -0.39 is 5.41 Å². The van der Waals surface area contributed by atoms with Crippen LogP contribution in [0.1, 0.15) is 22.3 Å². The second kappa shape index (κ2) is 29.8. The predicted molar refractivity (Wildman–Crippen MR) is 524 cm³/mol. The minimum absolute atomic E-state index is 0. The van der Waals surface area contributed by atoms with E-state index in [0.29, 0.717) is 11.4 Å². The molecule has 2 heterocycles. The molecule has 0 atom stereocenters. The van der Waals surface area contributed by atoms with E-state index in [1.54, 1.807) is 18.3 Å². The Kier molecular flexibility index (Phi) is 17.5. The molecule has 4 nitrogen and oxygen atoms in total. The van der Waals surface area contributed by atoms with Crippen LogP contribution in [0.5, 0.6) is 5.75 Å². The second-order valence-corrected chi connectivity index (χ2v) is 33.4. The summed E-state index contributed by atoms with van der Waals surface area (Å²) in [5.41, 5.74) is 30.7. The van der Waals surface area contributed by atoms with Crippen molar-refractivity contribution in [2.24, 2.45) is 0 Å². The fourth-order valence-electron chi connectivity index (χ4n) is 21.1. The smallest absolute Gasteiger partial charge is 0.164 e. The summed E-state index contributed by atoms with van der Waals surface area (Å²) in [6.07, 6.45) is 1.75. The number of nitrogens with zero attached hydrogens (tertiary/aromatic N) is 3. The minimum atomic E-state index is -0.500. The van der Waals surface area contributed by atoms with Gasteiger partial charge in [0.15, 0.2) is 11.5 Å². The Bertz CT molecular complexity index is 7790. The van der Waals surface area contributed by atoms with Gasteiger partial charge in [-0.1, -0.05) is 364 Å². The standard InChI is InChI=1S/C54H30.C49H32.C18H13N3O.Zn/c1-4-31-10-13-37-16-22-43(46-25-19-34(7-1)49(31)52(37)46)40-28-41(44-23-17-38-14-11-32-5-2-8-35-20-26-47(44)53(38)50(32)35)30-42(29-40)45-24-18-39-15-12-33-6-3-9-36-21-27-48(45)54(39)51(33)36;1-5-13-33(14-6-1)37-21-25-41-42-26-22-38(34-15-7-2-8-16-34)30-46(42)49(45(41)29-37)47-31-39(35-17-9-3-10-18-35)23-27-43(47)44-28-24-40(32-48(44)49)36-19-11-4-12-20-36;22-16-11-5-4-9-14(16)17-20-15-10-6-12-19-18(15)21(17)13-7-2-1-3-8-13;/h1-30H;1-32H;1-12,22H;. The van der Waals surface area contributed by atoms with Crippen LogP contribution in [0.15, 0.2) is 449 Å². The Labute approximate surface area is 741 Å². The van der Waals surface area contributed by atoms with Crippen LogP contribution in [-0.2, 0) is 24.9 Å². The molecule has 5 heteroatoms. The normalized spacial score (nSPS) is 12.3. The van der Waals surface area contributed by atoms with Crippen LogP contribution in [0, 0.1) is 0 Å². The number of phenolic OH excluding ortho intramolecular Hbond substituents is 1. The first-order valence-corrected chi connectivity index (χ1v) is 43.0. The summed E-state index contributed by atoms with van der Waals surface area (Å²) < 4.78 is 1.96. The number of hydrogen-bond donors (Lipinski definition) is 1. The van der Waals surface area contributed by atoms with E-state index in [1.807, 2.05) is 59.2 Å². The van der Waals surface area contributed by atoms with Crippen LogP contribution < -0.4 is 0 Å². The van der Waals surface area contributed by atoms with E-state index in [9.17, 15) is 5.11 Å². The Morgan fingerprint density at radius 1 is 0.214 bits per heavy atom. The molecule has 1 N–H and O–H groups in total. The van der Waals surface area contributed by atoms with Crippen LogP contribution in [-0.4, -0.2) is 19.6 Å². The molecule has 2 aromatic heterocycles. The summed E-state index contributed by atoms with van der Waals surface area (Å²) in [7, 11) is 0. The molecule has 0 bridgehead atoms. The van der Waals surface area contributed by atoms with Gasteiger partial charge < -0.3 is 5.11 Å². The number of imidazole rings is 1. The van der Waals surface area contributed by atoms with Gasteiger partial charge in [-0.15, -0.1) is 0 Å². The molecule has 0 fully saturated rings. The number of hydrogen-bond acceptors (Lipinski definition) is 3. The zero-order valence-corrected chi connectivity index (χ0v) is 71.7. The summed E-state index contributed by atoms with van der Waals surface area (Å²) in [5, 5.41) is 33.8. The Morgan fingerprint density at radius 3 is 0.849 bits per heavy atom. The van der Waals surface area contributed by atoms with Crippen LogP contribution in [0.25, 0.3) is 225 Å². The van der Waals surface area contributed by atoms with E-state index in [1.165, 1.54) is 219 Å². The monoisotopic (exact) mass is 1650 g/mol. The summed E-state index contributed by atoms with van der Waals surface area (Å²) in [5.74, 6) is 0.882. The van der Waals surface area contributed by atoms with Crippen molar-refractivity contribution in [3.63, 3.8) is 0 Å². The Balaban J connectivity index is 0.000000114. The summed E-state index contributed by atoms with van der Waals surface area (Å²) in [6, 6.07) is 162. The first kappa shape index (κ1) is 74.1. The molecule has 0 unspecified atom stereocenters. The number of rotatable bonds is 9. The molecule has 1 spiro atoms. The van der Waals surface area contributed by atoms with Gasteiger partial charge in [0.1, 0.15) is 11.3 Å². The van der Waals surface area contributed by atoms with Crippen LogP contribution in [0.3, 0.4) is 0 Å². The van der Waals surface area contributed by atoms with Gasteiger partial charge in [0.2, 0.25) is 0 Å². The van der Waals surface area contributed by atoms with E-state index in [2.05, 4.69) is 386 Å². The third kappa shape index (κ3) is 11.8. The largest absolute Gasteiger partial charge is 0.507 e. The average Bonchev–Trinajstić information content (AvgIpc) is 1.50. The van der Waals surface area contributed by atoms with E-state index >= 15 is 0 Å². The zero-order valence-electron chi connectivity index (χ0n) is 68.7. The maximum Gasteiger partial charge on any atom is 0.164 e. The zero-order chi connectivity index (χ0) is 82.4. The molecule has 27 rings (SSSR count). The molecule has 126 heavy (non-hydrogen) atoms. The fourth-order valence-corrected chi connectivity index (χ4v) is 21.1. The second-order valence-electron chi connectivity index (χ2n) is 33.4. The fraction of sp³-hybridized carbons (Fsp3) is 0.00826. The van der Waals surface area contributed by atoms with Gasteiger partial charge in [0.25, 0.3) is 0 Å². The number of aromatic nitrogens is 3. The van der Waals surface area contributed by atoms with Gasteiger partial charge in [-0.05, 0) is 298 Å². The molecule has 582 valence electrons. The van der Waals surface area contributed by atoms with E-state index in [-0.39, 0.29) is 25.2 Å². The number of benzene rings is 23. The first-order chi connectivity index (χ1) is 61.9. The van der Waals surface area contributed by atoms with Gasteiger partial charge in [-0.3, -0.25) is 4.57 Å². The van der Waals surface area contributed by atoms with Crippen molar-refractivity contribution in [1.82, 2.24) is 14.5 Å². The van der Waals surface area contributed by atoms with Crippen molar-refractivity contribution in [3.8, 4) is 123 Å². The molecule has 2 aliphatic rings. The molecule has 0 saturated carbocycles. The molecule has 0 amide bonds. The van der Waals surface area contributed by atoms with Crippen LogP contribution in [0.4, 0.5) is 0 Å². The molecule has 23 aromatic carbocycles. The predicted octanol–water partition coefficient (Wildman–Crippen LogP) is 31.9. The van der Waals surface area contributed by atoms with E-state index in [0.717, 1.165) is 16.9 Å².